The van der Waals surface area contributed by atoms with Crippen molar-refractivity contribution in [2.24, 2.45) is 0 Å². The molecule has 4 heteroatoms. The van der Waals surface area contributed by atoms with E-state index in [1.54, 1.807) is 14.0 Å². The van der Waals surface area contributed by atoms with Crippen molar-refractivity contribution in [1.29, 1.82) is 0 Å². The van der Waals surface area contributed by atoms with Crippen LogP contribution in [0.5, 0.6) is 0 Å². The van der Waals surface area contributed by atoms with Crippen LogP contribution in [0.4, 0.5) is 0 Å². The Morgan fingerprint density at radius 2 is 1.89 bits per heavy atom. The molecule has 0 saturated heterocycles. The minimum absolute atomic E-state index is 0.218. The van der Waals surface area contributed by atoms with Crippen molar-refractivity contribution in [2.45, 2.75) is 27.2 Å². The number of benzene rings is 1. The number of hydrogen-bond acceptors (Lipinski definition) is 3. The Bertz CT molecular complexity index is 468. The average Bonchev–Trinajstić information content (AvgIpc) is 2.39. The first-order valence-electron chi connectivity index (χ1n) is 6.44. The van der Waals surface area contributed by atoms with E-state index in [2.05, 4.69) is 30.7 Å². The fourth-order valence-corrected chi connectivity index (χ4v) is 1.71. The molecule has 0 N–H and O–H groups in total. The van der Waals surface area contributed by atoms with Crippen molar-refractivity contribution in [1.82, 2.24) is 4.90 Å². The minimum atomic E-state index is -0.787. The van der Waals surface area contributed by atoms with Crippen molar-refractivity contribution in [2.75, 3.05) is 20.2 Å². The fraction of sp³-hybridized carbons (Fsp3) is 0.467. The lowest BCUT2D eigenvalue weighted by Crippen LogP contribution is -2.35. The summed E-state index contributed by atoms with van der Waals surface area (Å²) in [6.07, 6.45) is 0.725. The summed E-state index contributed by atoms with van der Waals surface area (Å²) in [6, 6.07) is 6.22. The molecule has 0 spiro atoms. The standard InChI is InChI=1S/C15H21NO3/c1-5-19-15(18)14(17)16(4)9-8-13-7-6-11(2)12(3)10-13/h6-7,10H,5,8-9H2,1-4H3. The van der Waals surface area contributed by atoms with Crippen LogP contribution in [0.3, 0.4) is 0 Å². The number of rotatable bonds is 4. The maximum atomic E-state index is 11.6. The predicted octanol–water partition coefficient (Wildman–Crippen LogP) is 1.87. The van der Waals surface area contributed by atoms with E-state index in [-0.39, 0.29) is 6.61 Å². The van der Waals surface area contributed by atoms with E-state index in [1.165, 1.54) is 16.0 Å². The zero-order valence-corrected chi connectivity index (χ0v) is 12.0. The smallest absolute Gasteiger partial charge is 0.396 e. The van der Waals surface area contributed by atoms with Crippen LogP contribution in [0.2, 0.25) is 0 Å². The summed E-state index contributed by atoms with van der Waals surface area (Å²) >= 11 is 0. The van der Waals surface area contributed by atoms with Gasteiger partial charge in [-0.3, -0.25) is 4.79 Å². The van der Waals surface area contributed by atoms with E-state index >= 15 is 0 Å². The van der Waals surface area contributed by atoms with E-state index in [1.807, 2.05) is 6.07 Å². The molecule has 0 bridgehead atoms. The first kappa shape index (κ1) is 15.2. The molecule has 0 aliphatic heterocycles. The summed E-state index contributed by atoms with van der Waals surface area (Å²) in [4.78, 5) is 24.3. The number of carbonyl (C=O) groups is 2. The van der Waals surface area contributed by atoms with Crippen LogP contribution in [0.15, 0.2) is 18.2 Å². The molecular formula is C15H21NO3. The first-order valence-corrected chi connectivity index (χ1v) is 6.44. The van der Waals surface area contributed by atoms with E-state index in [0.717, 1.165) is 12.0 Å². The number of likely N-dealkylation sites (N-methyl/N-ethyl adjacent to an activating group) is 1. The summed E-state index contributed by atoms with van der Waals surface area (Å²) < 4.78 is 4.68. The van der Waals surface area contributed by atoms with Crippen molar-refractivity contribution in [3.8, 4) is 0 Å². The van der Waals surface area contributed by atoms with E-state index in [4.69, 9.17) is 0 Å². The molecule has 0 atom stereocenters. The molecule has 0 heterocycles. The second-order valence-corrected chi connectivity index (χ2v) is 4.62. The van der Waals surface area contributed by atoms with E-state index < -0.39 is 11.9 Å². The molecule has 1 amide bonds. The monoisotopic (exact) mass is 263 g/mol. The molecule has 1 aromatic carbocycles. The van der Waals surface area contributed by atoms with Gasteiger partial charge in [-0.1, -0.05) is 18.2 Å². The highest BCUT2D eigenvalue weighted by Gasteiger charge is 2.19. The number of ether oxygens (including phenoxy) is 1. The van der Waals surface area contributed by atoms with Crippen LogP contribution in [0.1, 0.15) is 23.6 Å². The Morgan fingerprint density at radius 1 is 1.21 bits per heavy atom. The highest BCUT2D eigenvalue weighted by Crippen LogP contribution is 2.10. The van der Waals surface area contributed by atoms with Gasteiger partial charge in [0, 0.05) is 13.6 Å². The number of aryl methyl sites for hydroxylation is 2. The van der Waals surface area contributed by atoms with Crippen molar-refractivity contribution in [3.63, 3.8) is 0 Å². The summed E-state index contributed by atoms with van der Waals surface area (Å²) in [7, 11) is 1.61. The normalized spacial score (nSPS) is 10.1. The Kier molecular flexibility index (Phi) is 5.55. The minimum Gasteiger partial charge on any atom is -0.459 e. The Labute approximate surface area is 114 Å². The molecule has 0 radical (unpaired) electrons. The topological polar surface area (TPSA) is 46.6 Å². The van der Waals surface area contributed by atoms with Crippen LogP contribution in [0.25, 0.3) is 0 Å². The fourth-order valence-electron chi connectivity index (χ4n) is 1.71. The van der Waals surface area contributed by atoms with Crippen LogP contribution in [-0.2, 0) is 20.7 Å². The predicted molar refractivity (Wildman–Crippen MR) is 73.9 cm³/mol. The van der Waals surface area contributed by atoms with E-state index in [0.29, 0.717) is 6.54 Å². The molecule has 19 heavy (non-hydrogen) atoms. The van der Waals surface area contributed by atoms with Gasteiger partial charge < -0.3 is 9.64 Å². The number of amides is 1. The van der Waals surface area contributed by atoms with Gasteiger partial charge in [0.2, 0.25) is 0 Å². The highest BCUT2D eigenvalue weighted by atomic mass is 16.5. The molecule has 104 valence electrons. The lowest BCUT2D eigenvalue weighted by Gasteiger charge is -2.16. The maximum absolute atomic E-state index is 11.6. The third-order valence-corrected chi connectivity index (χ3v) is 3.10. The lowest BCUT2D eigenvalue weighted by atomic mass is 10.0. The second-order valence-electron chi connectivity index (χ2n) is 4.62. The molecule has 0 aliphatic carbocycles. The SMILES string of the molecule is CCOC(=O)C(=O)N(C)CCc1ccc(C)c(C)c1. The lowest BCUT2D eigenvalue weighted by molar-refractivity contribution is -0.159. The van der Waals surface area contributed by atoms with Gasteiger partial charge in [-0.2, -0.15) is 0 Å². The van der Waals surface area contributed by atoms with Gasteiger partial charge in [-0.05, 0) is 43.9 Å². The Balaban J connectivity index is 2.54. The Hall–Kier alpha value is -1.84. The molecule has 4 nitrogen and oxygen atoms in total. The number of nitrogens with zero attached hydrogens (tertiary/aromatic N) is 1. The molecule has 1 rings (SSSR count). The average molecular weight is 263 g/mol. The van der Waals surface area contributed by atoms with Crippen molar-refractivity contribution < 1.29 is 14.3 Å². The van der Waals surface area contributed by atoms with Gasteiger partial charge in [0.15, 0.2) is 0 Å². The van der Waals surface area contributed by atoms with Gasteiger partial charge in [-0.15, -0.1) is 0 Å². The summed E-state index contributed by atoms with van der Waals surface area (Å²) in [5, 5.41) is 0. The zero-order valence-electron chi connectivity index (χ0n) is 12.0. The molecule has 0 aromatic heterocycles. The highest BCUT2D eigenvalue weighted by molar-refractivity contribution is 6.32. The molecular weight excluding hydrogens is 242 g/mol. The number of hydrogen-bond donors (Lipinski definition) is 0. The van der Waals surface area contributed by atoms with Crippen LogP contribution in [-0.4, -0.2) is 37.0 Å². The number of esters is 1. The Morgan fingerprint density at radius 3 is 2.47 bits per heavy atom. The van der Waals surface area contributed by atoms with Gasteiger partial charge in [0.1, 0.15) is 0 Å². The second kappa shape index (κ2) is 6.92. The van der Waals surface area contributed by atoms with Gasteiger partial charge in [0.25, 0.3) is 0 Å². The molecule has 1 aromatic rings. The molecule has 0 unspecified atom stereocenters. The van der Waals surface area contributed by atoms with E-state index in [9.17, 15) is 9.59 Å². The molecule has 0 saturated carbocycles. The maximum Gasteiger partial charge on any atom is 0.396 e. The van der Waals surface area contributed by atoms with Crippen LogP contribution >= 0.6 is 0 Å². The van der Waals surface area contributed by atoms with Gasteiger partial charge in [-0.25, -0.2) is 4.79 Å². The van der Waals surface area contributed by atoms with Crippen LogP contribution < -0.4 is 0 Å². The van der Waals surface area contributed by atoms with Gasteiger partial charge >= 0.3 is 11.9 Å². The summed E-state index contributed by atoms with van der Waals surface area (Å²) in [5.74, 6) is -1.38. The van der Waals surface area contributed by atoms with Crippen molar-refractivity contribution >= 4 is 11.9 Å². The van der Waals surface area contributed by atoms with Crippen molar-refractivity contribution in [3.05, 3.63) is 34.9 Å². The van der Waals surface area contributed by atoms with Gasteiger partial charge in [0.05, 0.1) is 6.61 Å². The third kappa shape index (κ3) is 4.39. The molecule has 0 aliphatic rings. The molecule has 0 fully saturated rings. The third-order valence-electron chi connectivity index (χ3n) is 3.10. The largest absolute Gasteiger partial charge is 0.459 e. The number of carbonyl (C=O) groups excluding carboxylic acids is 2. The summed E-state index contributed by atoms with van der Waals surface area (Å²) in [6.45, 7) is 6.53. The quantitative estimate of drug-likeness (QED) is 0.615. The first-order chi connectivity index (χ1) is 8.95. The van der Waals surface area contributed by atoms with Crippen LogP contribution in [0, 0.1) is 13.8 Å². The summed E-state index contributed by atoms with van der Waals surface area (Å²) in [5.41, 5.74) is 3.64. The zero-order chi connectivity index (χ0) is 14.4.